The summed E-state index contributed by atoms with van der Waals surface area (Å²) in [7, 11) is 0. The van der Waals surface area contributed by atoms with Gasteiger partial charge in [0.1, 0.15) is 18.2 Å². The molecule has 1 unspecified atom stereocenters. The van der Waals surface area contributed by atoms with Crippen LogP contribution >= 0.6 is 15.9 Å². The van der Waals surface area contributed by atoms with E-state index in [0.29, 0.717) is 12.4 Å². The zero-order valence-electron chi connectivity index (χ0n) is 12.8. The lowest BCUT2D eigenvalue weighted by atomic mass is 10.2. The van der Waals surface area contributed by atoms with Crippen molar-refractivity contribution in [1.29, 1.82) is 0 Å². The molecule has 5 nitrogen and oxygen atoms in total. The second-order valence-electron chi connectivity index (χ2n) is 5.69. The molecular formula is C18H15BrN4O. The number of hydrogen-bond donors (Lipinski definition) is 1. The fourth-order valence-corrected chi connectivity index (χ4v) is 3.35. The van der Waals surface area contributed by atoms with E-state index in [0.717, 1.165) is 27.5 Å². The van der Waals surface area contributed by atoms with Crippen LogP contribution in [0.15, 0.2) is 59.3 Å². The number of rotatable bonds is 3. The Bertz CT molecular complexity index is 900. The van der Waals surface area contributed by atoms with Gasteiger partial charge in [-0.15, -0.1) is 0 Å². The van der Waals surface area contributed by atoms with Crippen LogP contribution in [0.2, 0.25) is 0 Å². The van der Waals surface area contributed by atoms with Crippen LogP contribution in [-0.2, 0) is 4.79 Å². The number of amides is 1. The Balaban J connectivity index is 1.61. The quantitative estimate of drug-likeness (QED) is 0.751. The van der Waals surface area contributed by atoms with Gasteiger partial charge < -0.3 is 10.2 Å². The van der Waals surface area contributed by atoms with E-state index in [2.05, 4.69) is 31.2 Å². The van der Waals surface area contributed by atoms with Crippen LogP contribution in [0.3, 0.4) is 0 Å². The van der Waals surface area contributed by atoms with Crippen molar-refractivity contribution in [3.8, 4) is 0 Å². The summed E-state index contributed by atoms with van der Waals surface area (Å²) in [6, 6.07) is 15.3. The molecule has 1 aliphatic heterocycles. The first-order valence-corrected chi connectivity index (χ1v) is 8.55. The molecule has 6 heteroatoms. The molecule has 2 heterocycles. The molecule has 1 N–H and O–H groups in total. The van der Waals surface area contributed by atoms with Crippen LogP contribution in [0.4, 0.5) is 11.5 Å². The van der Waals surface area contributed by atoms with Gasteiger partial charge in [0.15, 0.2) is 0 Å². The number of carbonyl (C=O) groups excluding carboxylic acids is 1. The van der Waals surface area contributed by atoms with Gasteiger partial charge in [0.25, 0.3) is 0 Å². The van der Waals surface area contributed by atoms with Crippen molar-refractivity contribution < 1.29 is 4.79 Å². The maximum absolute atomic E-state index is 12.7. The maximum Gasteiger partial charge on any atom is 0.249 e. The topological polar surface area (TPSA) is 58.1 Å². The fourth-order valence-electron chi connectivity index (χ4n) is 2.99. The zero-order valence-corrected chi connectivity index (χ0v) is 14.4. The first-order valence-electron chi connectivity index (χ1n) is 7.75. The highest BCUT2D eigenvalue weighted by atomic mass is 79.9. The smallest absolute Gasteiger partial charge is 0.249 e. The minimum absolute atomic E-state index is 0.0722. The van der Waals surface area contributed by atoms with Crippen LogP contribution in [0.5, 0.6) is 0 Å². The lowest BCUT2D eigenvalue weighted by Crippen LogP contribution is -2.33. The van der Waals surface area contributed by atoms with E-state index in [9.17, 15) is 4.79 Å². The molecule has 3 aromatic rings. The Kier molecular flexibility index (Phi) is 3.90. The van der Waals surface area contributed by atoms with Crippen molar-refractivity contribution in [2.24, 2.45) is 0 Å². The molecule has 1 saturated heterocycles. The van der Waals surface area contributed by atoms with E-state index in [1.807, 2.05) is 53.4 Å². The average Bonchev–Trinajstić information content (AvgIpc) is 2.97. The highest BCUT2D eigenvalue weighted by Crippen LogP contribution is 2.27. The van der Waals surface area contributed by atoms with Crippen molar-refractivity contribution >= 4 is 44.2 Å². The first-order chi connectivity index (χ1) is 11.7. The standard InChI is InChI=1S/C18H15BrN4O/c19-12-6-7-15-14(10-12)17(21-11-20-15)22-16-8-9-23(18(16)24)13-4-2-1-3-5-13/h1-7,10-11,16H,8-9H2,(H,20,21,22). The number of para-hydroxylation sites is 1. The van der Waals surface area contributed by atoms with Crippen molar-refractivity contribution in [3.63, 3.8) is 0 Å². The molecule has 4 rings (SSSR count). The summed E-state index contributed by atoms with van der Waals surface area (Å²) >= 11 is 3.47. The predicted molar refractivity (Wildman–Crippen MR) is 98.1 cm³/mol. The summed E-state index contributed by atoms with van der Waals surface area (Å²) in [4.78, 5) is 23.1. The lowest BCUT2D eigenvalue weighted by molar-refractivity contribution is -0.117. The largest absolute Gasteiger partial charge is 0.358 e. The molecule has 0 aliphatic carbocycles. The van der Waals surface area contributed by atoms with E-state index < -0.39 is 0 Å². The molecule has 1 aromatic heterocycles. The Morgan fingerprint density at radius 1 is 1.12 bits per heavy atom. The summed E-state index contributed by atoms with van der Waals surface area (Å²) in [6.07, 6.45) is 2.26. The van der Waals surface area contributed by atoms with E-state index in [1.54, 1.807) is 0 Å². The molecule has 1 fully saturated rings. The van der Waals surface area contributed by atoms with Gasteiger partial charge in [0, 0.05) is 22.1 Å². The van der Waals surface area contributed by atoms with Gasteiger partial charge in [-0.3, -0.25) is 4.79 Å². The molecular weight excluding hydrogens is 368 g/mol. The Morgan fingerprint density at radius 2 is 1.96 bits per heavy atom. The van der Waals surface area contributed by atoms with E-state index in [1.165, 1.54) is 6.33 Å². The second kappa shape index (κ2) is 6.20. The van der Waals surface area contributed by atoms with Gasteiger partial charge >= 0.3 is 0 Å². The van der Waals surface area contributed by atoms with Crippen LogP contribution in [-0.4, -0.2) is 28.5 Å². The molecule has 2 aromatic carbocycles. The lowest BCUT2D eigenvalue weighted by Gasteiger charge is -2.17. The van der Waals surface area contributed by atoms with E-state index in [-0.39, 0.29) is 11.9 Å². The van der Waals surface area contributed by atoms with Gasteiger partial charge in [-0.05, 0) is 36.8 Å². The summed E-state index contributed by atoms with van der Waals surface area (Å²) in [5, 5.41) is 4.20. The summed E-state index contributed by atoms with van der Waals surface area (Å²) in [6.45, 7) is 0.702. The van der Waals surface area contributed by atoms with Gasteiger partial charge in [-0.2, -0.15) is 0 Å². The maximum atomic E-state index is 12.7. The Labute approximate surface area is 147 Å². The number of hydrogen-bond acceptors (Lipinski definition) is 4. The molecule has 0 bridgehead atoms. The number of benzene rings is 2. The third-order valence-electron chi connectivity index (χ3n) is 4.18. The molecule has 1 aliphatic rings. The van der Waals surface area contributed by atoms with Gasteiger partial charge in [0.05, 0.1) is 5.52 Å². The number of aromatic nitrogens is 2. The highest BCUT2D eigenvalue weighted by Gasteiger charge is 2.32. The molecule has 0 spiro atoms. The number of carbonyl (C=O) groups is 1. The number of halogens is 1. The van der Waals surface area contributed by atoms with Crippen molar-refractivity contribution in [3.05, 3.63) is 59.3 Å². The molecule has 0 saturated carbocycles. The van der Waals surface area contributed by atoms with Crippen LogP contribution in [0.1, 0.15) is 6.42 Å². The fraction of sp³-hybridized carbons (Fsp3) is 0.167. The summed E-state index contributed by atoms with van der Waals surface area (Å²) in [5.74, 6) is 0.762. The molecule has 1 amide bonds. The Hall–Kier alpha value is -2.47. The summed E-state index contributed by atoms with van der Waals surface area (Å²) < 4.78 is 0.955. The Morgan fingerprint density at radius 3 is 2.79 bits per heavy atom. The first kappa shape index (κ1) is 15.1. The van der Waals surface area contributed by atoms with E-state index >= 15 is 0 Å². The highest BCUT2D eigenvalue weighted by molar-refractivity contribution is 9.10. The van der Waals surface area contributed by atoms with Gasteiger partial charge in [0.2, 0.25) is 5.91 Å². The molecule has 0 radical (unpaired) electrons. The number of nitrogens with one attached hydrogen (secondary N) is 1. The third kappa shape index (κ3) is 2.73. The van der Waals surface area contributed by atoms with Crippen molar-refractivity contribution in [2.75, 3.05) is 16.8 Å². The molecule has 1 atom stereocenters. The predicted octanol–water partition coefficient (Wildman–Crippen LogP) is 3.61. The zero-order chi connectivity index (χ0) is 16.5. The average molecular weight is 383 g/mol. The normalized spacial score (nSPS) is 17.5. The number of anilines is 2. The number of fused-ring (bicyclic) bond motifs is 1. The van der Waals surface area contributed by atoms with Crippen LogP contribution in [0, 0.1) is 0 Å². The van der Waals surface area contributed by atoms with Crippen molar-refractivity contribution in [2.45, 2.75) is 12.5 Å². The molecule has 120 valence electrons. The van der Waals surface area contributed by atoms with Crippen LogP contribution < -0.4 is 10.2 Å². The van der Waals surface area contributed by atoms with Crippen molar-refractivity contribution in [1.82, 2.24) is 9.97 Å². The van der Waals surface area contributed by atoms with Crippen LogP contribution in [0.25, 0.3) is 10.9 Å². The minimum atomic E-state index is -0.276. The number of nitrogens with zero attached hydrogens (tertiary/aromatic N) is 3. The van der Waals surface area contributed by atoms with Gasteiger partial charge in [-0.1, -0.05) is 34.1 Å². The van der Waals surface area contributed by atoms with E-state index in [4.69, 9.17) is 0 Å². The van der Waals surface area contributed by atoms with Gasteiger partial charge in [-0.25, -0.2) is 9.97 Å². The second-order valence-corrected chi connectivity index (χ2v) is 6.61. The molecule has 24 heavy (non-hydrogen) atoms. The SMILES string of the molecule is O=C1C(Nc2ncnc3ccc(Br)cc23)CCN1c1ccccc1. The monoisotopic (exact) mass is 382 g/mol. The third-order valence-corrected chi connectivity index (χ3v) is 4.67. The summed E-state index contributed by atoms with van der Waals surface area (Å²) in [5.41, 5.74) is 1.78. The minimum Gasteiger partial charge on any atom is -0.358 e.